The third kappa shape index (κ3) is 6.54. The van der Waals surface area contributed by atoms with Crippen molar-refractivity contribution in [1.29, 1.82) is 0 Å². The molecule has 0 saturated heterocycles. The smallest absolute Gasteiger partial charge is 0.308 e. The summed E-state index contributed by atoms with van der Waals surface area (Å²) in [5, 5.41) is 0. The number of esters is 1. The summed E-state index contributed by atoms with van der Waals surface area (Å²) >= 11 is 0. The first kappa shape index (κ1) is 12.4. The molecular formula is C9H18O4. The molecule has 1 atom stereocenters. The van der Waals surface area contributed by atoms with Gasteiger partial charge in [0.05, 0.1) is 19.6 Å². The first-order chi connectivity index (χ1) is 6.24. The zero-order valence-electron chi connectivity index (χ0n) is 8.54. The van der Waals surface area contributed by atoms with E-state index in [2.05, 4.69) is 0 Å². The molecule has 0 aromatic carbocycles. The minimum atomic E-state index is -0.231. The fourth-order valence-corrected chi connectivity index (χ4v) is 0.851. The molecule has 4 nitrogen and oxygen atoms in total. The van der Waals surface area contributed by atoms with Crippen molar-refractivity contribution in [3.05, 3.63) is 0 Å². The van der Waals surface area contributed by atoms with E-state index in [1.165, 1.54) is 0 Å². The molecule has 0 saturated carbocycles. The zero-order chi connectivity index (χ0) is 10.1. The molecule has 0 bridgehead atoms. The van der Waals surface area contributed by atoms with Crippen LogP contribution in [0.4, 0.5) is 0 Å². The summed E-state index contributed by atoms with van der Waals surface area (Å²) in [6, 6.07) is 0. The van der Waals surface area contributed by atoms with Gasteiger partial charge in [-0.15, -0.1) is 0 Å². The molecule has 0 fully saturated rings. The van der Waals surface area contributed by atoms with Crippen LogP contribution in [0, 0.1) is 0 Å². The van der Waals surface area contributed by atoms with Gasteiger partial charge in [-0.2, -0.15) is 0 Å². The molecule has 0 aromatic heterocycles. The maximum atomic E-state index is 11.1. The topological polar surface area (TPSA) is 44.8 Å². The van der Waals surface area contributed by atoms with Crippen LogP contribution in [0.5, 0.6) is 0 Å². The fourth-order valence-electron chi connectivity index (χ4n) is 0.851. The molecule has 13 heavy (non-hydrogen) atoms. The van der Waals surface area contributed by atoms with Gasteiger partial charge in [0.1, 0.15) is 6.10 Å². The predicted octanol–water partition coefficient (Wildman–Crippen LogP) is 0.991. The molecule has 4 heteroatoms. The lowest BCUT2D eigenvalue weighted by Gasteiger charge is -2.14. The minimum Gasteiger partial charge on any atom is -0.460 e. The third-order valence-electron chi connectivity index (χ3n) is 1.62. The average Bonchev–Trinajstić information content (AvgIpc) is 2.14. The zero-order valence-corrected chi connectivity index (χ0v) is 8.54. The second kappa shape index (κ2) is 8.01. The molecule has 0 aliphatic heterocycles. The van der Waals surface area contributed by atoms with E-state index >= 15 is 0 Å². The molecule has 0 N–H and O–H groups in total. The number of carbonyl (C=O) groups is 1. The van der Waals surface area contributed by atoms with Crippen molar-refractivity contribution in [2.24, 2.45) is 0 Å². The largest absolute Gasteiger partial charge is 0.460 e. The Balaban J connectivity index is 3.60. The summed E-state index contributed by atoms with van der Waals surface area (Å²) in [5.74, 6) is -0.231. The van der Waals surface area contributed by atoms with Gasteiger partial charge in [0.2, 0.25) is 0 Å². The molecular weight excluding hydrogens is 172 g/mol. The normalized spacial score (nSPS) is 12.5. The van der Waals surface area contributed by atoms with Crippen molar-refractivity contribution < 1.29 is 19.0 Å². The van der Waals surface area contributed by atoms with Crippen molar-refractivity contribution in [1.82, 2.24) is 0 Å². The molecule has 1 unspecified atom stereocenters. The molecule has 0 heterocycles. The Bertz CT molecular complexity index is 136. The quantitative estimate of drug-likeness (QED) is 0.562. The molecule has 0 spiro atoms. The van der Waals surface area contributed by atoms with Crippen molar-refractivity contribution >= 4 is 5.97 Å². The summed E-state index contributed by atoms with van der Waals surface area (Å²) in [6.45, 7) is 2.81. The summed E-state index contributed by atoms with van der Waals surface area (Å²) in [6.07, 6.45) is 0.942. The Morgan fingerprint density at radius 3 is 2.46 bits per heavy atom. The summed E-state index contributed by atoms with van der Waals surface area (Å²) in [7, 11) is 3.14. The van der Waals surface area contributed by atoms with E-state index in [-0.39, 0.29) is 12.1 Å². The van der Waals surface area contributed by atoms with Gasteiger partial charge in [-0.1, -0.05) is 6.92 Å². The Hall–Kier alpha value is -0.610. The van der Waals surface area contributed by atoms with Crippen LogP contribution in [0.2, 0.25) is 0 Å². The van der Waals surface area contributed by atoms with Gasteiger partial charge < -0.3 is 14.2 Å². The molecule has 78 valence electrons. The first-order valence-electron chi connectivity index (χ1n) is 4.41. The lowest BCUT2D eigenvalue weighted by molar-refractivity contribution is -0.152. The lowest BCUT2D eigenvalue weighted by Crippen LogP contribution is -2.22. The Kier molecular flexibility index (Phi) is 7.63. The SMILES string of the molecule is CCC(COC)OC(=O)CCOC. The number of hydrogen-bond acceptors (Lipinski definition) is 4. The van der Waals surface area contributed by atoms with Gasteiger partial charge in [-0.05, 0) is 6.42 Å². The Morgan fingerprint density at radius 2 is 2.00 bits per heavy atom. The van der Waals surface area contributed by atoms with Gasteiger partial charge >= 0.3 is 5.97 Å². The number of hydrogen-bond donors (Lipinski definition) is 0. The average molecular weight is 190 g/mol. The fraction of sp³-hybridized carbons (Fsp3) is 0.889. The van der Waals surface area contributed by atoms with Crippen molar-refractivity contribution in [3.8, 4) is 0 Å². The first-order valence-corrected chi connectivity index (χ1v) is 4.41. The minimum absolute atomic E-state index is 0.130. The highest BCUT2D eigenvalue weighted by Gasteiger charge is 2.11. The maximum Gasteiger partial charge on any atom is 0.308 e. The van der Waals surface area contributed by atoms with Crippen LogP contribution in [-0.4, -0.2) is 39.5 Å². The molecule has 0 aromatic rings. The van der Waals surface area contributed by atoms with Gasteiger partial charge in [0, 0.05) is 14.2 Å². The second-order valence-electron chi connectivity index (χ2n) is 2.72. The van der Waals surface area contributed by atoms with Crippen molar-refractivity contribution in [2.75, 3.05) is 27.4 Å². The van der Waals surface area contributed by atoms with Crippen LogP contribution in [0.25, 0.3) is 0 Å². The molecule has 0 aliphatic rings. The summed E-state index contributed by atoms with van der Waals surface area (Å²) in [4.78, 5) is 11.1. The molecule has 0 rings (SSSR count). The third-order valence-corrected chi connectivity index (χ3v) is 1.62. The van der Waals surface area contributed by atoms with E-state index in [0.29, 0.717) is 19.6 Å². The van der Waals surface area contributed by atoms with E-state index < -0.39 is 0 Å². The summed E-state index contributed by atoms with van der Waals surface area (Å²) < 4.78 is 14.7. The van der Waals surface area contributed by atoms with Crippen LogP contribution in [0.15, 0.2) is 0 Å². The van der Waals surface area contributed by atoms with Gasteiger partial charge in [0.25, 0.3) is 0 Å². The standard InChI is InChI=1S/C9H18O4/c1-4-8(7-12-3)13-9(10)5-6-11-2/h8H,4-7H2,1-3H3. The number of methoxy groups -OCH3 is 2. The number of carbonyl (C=O) groups excluding carboxylic acids is 1. The molecule has 0 radical (unpaired) electrons. The Labute approximate surface area is 79.2 Å². The van der Waals surface area contributed by atoms with Crippen LogP contribution in [-0.2, 0) is 19.0 Å². The molecule has 0 amide bonds. The highest BCUT2D eigenvalue weighted by atomic mass is 16.6. The lowest BCUT2D eigenvalue weighted by atomic mass is 10.3. The van der Waals surface area contributed by atoms with E-state index in [4.69, 9.17) is 14.2 Å². The predicted molar refractivity (Wildman–Crippen MR) is 48.5 cm³/mol. The Morgan fingerprint density at radius 1 is 1.31 bits per heavy atom. The monoisotopic (exact) mass is 190 g/mol. The van der Waals surface area contributed by atoms with Gasteiger partial charge in [-0.3, -0.25) is 4.79 Å². The van der Waals surface area contributed by atoms with Crippen LogP contribution in [0.3, 0.4) is 0 Å². The molecule has 0 aliphatic carbocycles. The van der Waals surface area contributed by atoms with Crippen molar-refractivity contribution in [3.63, 3.8) is 0 Å². The van der Waals surface area contributed by atoms with E-state index in [1.807, 2.05) is 6.92 Å². The number of ether oxygens (including phenoxy) is 3. The van der Waals surface area contributed by atoms with Crippen LogP contribution >= 0.6 is 0 Å². The van der Waals surface area contributed by atoms with Gasteiger partial charge in [-0.25, -0.2) is 0 Å². The van der Waals surface area contributed by atoms with E-state index in [9.17, 15) is 4.79 Å². The summed E-state index contributed by atoms with van der Waals surface area (Å²) in [5.41, 5.74) is 0. The van der Waals surface area contributed by atoms with Crippen molar-refractivity contribution in [2.45, 2.75) is 25.9 Å². The second-order valence-corrected chi connectivity index (χ2v) is 2.72. The van der Waals surface area contributed by atoms with E-state index in [1.54, 1.807) is 14.2 Å². The highest BCUT2D eigenvalue weighted by Crippen LogP contribution is 2.00. The number of rotatable bonds is 7. The van der Waals surface area contributed by atoms with Crippen LogP contribution < -0.4 is 0 Å². The maximum absolute atomic E-state index is 11.1. The van der Waals surface area contributed by atoms with E-state index in [0.717, 1.165) is 6.42 Å². The van der Waals surface area contributed by atoms with Crippen LogP contribution in [0.1, 0.15) is 19.8 Å². The van der Waals surface area contributed by atoms with Gasteiger partial charge in [0.15, 0.2) is 0 Å². The highest BCUT2D eigenvalue weighted by molar-refractivity contribution is 5.69.